The molecule has 3 amide bonds. The number of hydrogen-bond donors (Lipinski definition) is 5. The number of hydrazine groups is 1. The van der Waals surface area contributed by atoms with E-state index in [0.29, 0.717) is 45.2 Å². The van der Waals surface area contributed by atoms with Crippen molar-refractivity contribution in [3.8, 4) is 0 Å². The third-order valence-electron chi connectivity index (χ3n) is 10.3. The Morgan fingerprint density at radius 1 is 0.870 bits per heavy atom. The van der Waals surface area contributed by atoms with Gasteiger partial charge in [0.25, 0.3) is 0 Å². The highest BCUT2D eigenvalue weighted by Crippen LogP contribution is 2.36. The molecule has 46 heavy (non-hydrogen) atoms. The highest BCUT2D eigenvalue weighted by Gasteiger charge is 2.41. The zero-order valence-electron chi connectivity index (χ0n) is 28.4. The number of likely N-dealkylation sites (N-methyl/N-ethyl adjacent to an activating group) is 1. The number of primary amides is 1. The molecule has 0 radical (unpaired) electrons. The number of nitrogens with one attached hydrogen (secondary N) is 2. The number of carbonyl (C=O) groups is 3. The molecule has 0 aromatic heterocycles. The lowest BCUT2D eigenvalue weighted by Crippen LogP contribution is -2.54. The molecule has 0 heterocycles. The van der Waals surface area contributed by atoms with Gasteiger partial charge in [0.15, 0.2) is 0 Å². The van der Waals surface area contributed by atoms with Crippen molar-refractivity contribution in [2.24, 2.45) is 35.3 Å². The van der Waals surface area contributed by atoms with Crippen molar-refractivity contribution in [2.45, 2.75) is 128 Å². The van der Waals surface area contributed by atoms with E-state index in [0.717, 1.165) is 57.8 Å². The van der Waals surface area contributed by atoms with E-state index in [2.05, 4.69) is 10.1 Å². The van der Waals surface area contributed by atoms with Gasteiger partial charge in [0, 0.05) is 44.4 Å². The summed E-state index contributed by atoms with van der Waals surface area (Å²) in [7, 11) is -2.03. The van der Waals surface area contributed by atoms with Crippen molar-refractivity contribution >= 4 is 27.7 Å². The molecule has 0 aromatic carbocycles. The van der Waals surface area contributed by atoms with Crippen LogP contribution in [0.2, 0.25) is 0 Å². The quantitative estimate of drug-likeness (QED) is 0.146. The molecule has 3 fully saturated rings. The zero-order chi connectivity index (χ0) is 33.9. The molecule has 0 spiro atoms. The Kier molecular flexibility index (Phi) is 15.7. The van der Waals surface area contributed by atoms with Crippen LogP contribution in [0.4, 0.5) is 0 Å². The Bertz CT molecular complexity index is 1070. The molecule has 5 atom stereocenters. The molecule has 3 rings (SSSR count). The Morgan fingerprint density at radius 2 is 1.46 bits per heavy atom. The molecule has 12 nitrogen and oxygen atoms in total. The van der Waals surface area contributed by atoms with E-state index in [9.17, 15) is 33.0 Å². The van der Waals surface area contributed by atoms with E-state index in [4.69, 9.17) is 5.73 Å². The summed E-state index contributed by atoms with van der Waals surface area (Å²) in [5.74, 6) is -2.27. The predicted octanol–water partition coefficient (Wildman–Crippen LogP) is 2.29. The average Bonchev–Trinajstić information content (AvgIpc) is 3.00. The van der Waals surface area contributed by atoms with Gasteiger partial charge in [-0.25, -0.2) is 13.4 Å². The van der Waals surface area contributed by atoms with E-state index >= 15 is 0 Å². The number of rotatable bonds is 17. The Morgan fingerprint density at radius 3 is 2.04 bits per heavy atom. The maximum atomic E-state index is 13.8. The summed E-state index contributed by atoms with van der Waals surface area (Å²) in [5, 5.41) is 25.9. The molecular formula is C33H61N5O7S. The standard InChI is InChI=1S/C33H61N5O7S/c1-4-15-38(16-5-2)33(43)27-19-25(31(34)41)18-26(20-27)32(42)35-29(17-23-11-13-28(39)14-12-23)30(40)21-37(3)36-46(44,45)22-24-9-7-6-8-10-24/h23-30,36,39-40H,4-22H2,1-3H3,(H2,34,41)(H,35,42). The summed E-state index contributed by atoms with van der Waals surface area (Å²) >= 11 is 0. The van der Waals surface area contributed by atoms with E-state index in [-0.39, 0.29) is 48.5 Å². The monoisotopic (exact) mass is 671 g/mol. The number of carbonyl (C=O) groups excluding carboxylic acids is 3. The van der Waals surface area contributed by atoms with E-state index in [1.807, 2.05) is 18.7 Å². The fourth-order valence-corrected chi connectivity index (χ4v) is 9.41. The summed E-state index contributed by atoms with van der Waals surface area (Å²) in [6.45, 7) is 5.21. The molecule has 0 saturated heterocycles. The third-order valence-corrected chi connectivity index (χ3v) is 11.8. The van der Waals surface area contributed by atoms with Gasteiger partial charge in [0.2, 0.25) is 27.7 Å². The number of aliphatic hydroxyl groups is 2. The van der Waals surface area contributed by atoms with Crippen molar-refractivity contribution in [3.63, 3.8) is 0 Å². The summed E-state index contributed by atoms with van der Waals surface area (Å²) in [5.41, 5.74) is 5.72. The summed E-state index contributed by atoms with van der Waals surface area (Å²) in [6, 6.07) is -0.683. The maximum Gasteiger partial charge on any atom is 0.225 e. The summed E-state index contributed by atoms with van der Waals surface area (Å²) in [6.07, 6.45) is 9.38. The van der Waals surface area contributed by atoms with Crippen LogP contribution < -0.4 is 15.9 Å². The van der Waals surface area contributed by atoms with Crippen LogP contribution in [0.15, 0.2) is 0 Å². The first-order chi connectivity index (χ1) is 21.8. The van der Waals surface area contributed by atoms with Gasteiger partial charge in [-0.2, -0.15) is 0 Å². The second-order valence-corrected chi connectivity index (χ2v) is 16.1. The third kappa shape index (κ3) is 12.3. The van der Waals surface area contributed by atoms with Crippen molar-refractivity contribution in [1.29, 1.82) is 0 Å². The fourth-order valence-electron chi connectivity index (χ4n) is 7.83. The number of nitrogens with zero attached hydrogens (tertiary/aromatic N) is 2. The molecule has 6 N–H and O–H groups in total. The minimum absolute atomic E-state index is 0.0388. The molecule has 0 aliphatic heterocycles. The lowest BCUT2D eigenvalue weighted by Gasteiger charge is -2.37. The number of sulfonamides is 1. The van der Waals surface area contributed by atoms with Gasteiger partial charge >= 0.3 is 0 Å². The minimum atomic E-state index is -3.60. The second kappa shape index (κ2) is 18.7. The first-order valence-electron chi connectivity index (χ1n) is 17.8. The summed E-state index contributed by atoms with van der Waals surface area (Å²) in [4.78, 5) is 44.1. The normalized spacial score (nSPS) is 27.6. The van der Waals surface area contributed by atoms with Crippen LogP contribution >= 0.6 is 0 Å². The van der Waals surface area contributed by atoms with E-state index in [1.54, 1.807) is 7.05 Å². The Hall–Kier alpha value is -1.80. The largest absolute Gasteiger partial charge is 0.393 e. The van der Waals surface area contributed by atoms with Crippen LogP contribution in [-0.2, 0) is 24.4 Å². The molecule has 5 unspecified atom stereocenters. The predicted molar refractivity (Wildman–Crippen MR) is 177 cm³/mol. The van der Waals surface area contributed by atoms with Crippen LogP contribution in [-0.4, -0.2) is 96.9 Å². The topological polar surface area (TPSA) is 182 Å². The van der Waals surface area contributed by atoms with Crippen LogP contribution in [0, 0.1) is 29.6 Å². The molecule has 3 aliphatic carbocycles. The van der Waals surface area contributed by atoms with Gasteiger partial charge in [0.05, 0.1) is 24.0 Å². The molecule has 0 bridgehead atoms. The molecule has 13 heteroatoms. The van der Waals surface area contributed by atoms with Gasteiger partial charge in [0.1, 0.15) is 0 Å². The fraction of sp³-hybridized carbons (Fsp3) is 0.909. The van der Waals surface area contributed by atoms with E-state index in [1.165, 1.54) is 5.01 Å². The number of nitrogens with two attached hydrogens (primary N) is 1. The zero-order valence-corrected chi connectivity index (χ0v) is 29.2. The van der Waals surface area contributed by atoms with Gasteiger partial charge in [-0.15, -0.1) is 4.83 Å². The highest BCUT2D eigenvalue weighted by molar-refractivity contribution is 7.89. The van der Waals surface area contributed by atoms with Crippen LogP contribution in [0.3, 0.4) is 0 Å². The number of amides is 3. The van der Waals surface area contributed by atoms with Crippen LogP contribution in [0.5, 0.6) is 0 Å². The first-order valence-corrected chi connectivity index (χ1v) is 19.4. The van der Waals surface area contributed by atoms with Crippen molar-refractivity contribution < 1.29 is 33.0 Å². The van der Waals surface area contributed by atoms with Gasteiger partial charge in [-0.05, 0) is 88.9 Å². The van der Waals surface area contributed by atoms with Crippen LogP contribution in [0.25, 0.3) is 0 Å². The Labute approximate surface area is 276 Å². The highest BCUT2D eigenvalue weighted by atomic mass is 32.2. The minimum Gasteiger partial charge on any atom is -0.393 e. The van der Waals surface area contributed by atoms with Crippen molar-refractivity contribution in [1.82, 2.24) is 20.1 Å². The molecule has 0 aromatic rings. The molecular weight excluding hydrogens is 610 g/mol. The van der Waals surface area contributed by atoms with Crippen molar-refractivity contribution in [2.75, 3.05) is 32.4 Å². The van der Waals surface area contributed by atoms with E-state index < -0.39 is 45.8 Å². The van der Waals surface area contributed by atoms with Crippen molar-refractivity contribution in [3.05, 3.63) is 0 Å². The lowest BCUT2D eigenvalue weighted by atomic mass is 9.73. The molecule has 266 valence electrons. The first kappa shape index (κ1) is 38.6. The van der Waals surface area contributed by atoms with Gasteiger partial charge < -0.3 is 26.2 Å². The smallest absolute Gasteiger partial charge is 0.225 e. The van der Waals surface area contributed by atoms with Crippen LogP contribution in [0.1, 0.15) is 110 Å². The lowest BCUT2D eigenvalue weighted by molar-refractivity contribution is -0.141. The Balaban J connectivity index is 1.71. The summed E-state index contributed by atoms with van der Waals surface area (Å²) < 4.78 is 25.8. The van der Waals surface area contributed by atoms with Gasteiger partial charge in [-0.3, -0.25) is 14.4 Å². The van der Waals surface area contributed by atoms with Gasteiger partial charge in [-0.1, -0.05) is 33.1 Å². The second-order valence-electron chi connectivity index (χ2n) is 14.4. The SMILES string of the molecule is CCCN(CCC)C(=O)C1CC(C(N)=O)CC(C(=O)NC(CC2CCC(O)CC2)C(O)CN(C)NS(=O)(=O)CC2CCCCC2)C1. The average molecular weight is 672 g/mol. The number of hydrogen-bond acceptors (Lipinski definition) is 8. The molecule has 3 saturated carbocycles. The number of aliphatic hydroxyl groups excluding tert-OH is 2. The maximum absolute atomic E-state index is 13.8. The molecule has 3 aliphatic rings.